The first-order chi connectivity index (χ1) is 13.5. The Morgan fingerprint density at radius 1 is 1.25 bits per heavy atom. The van der Waals surface area contributed by atoms with Gasteiger partial charge in [-0.3, -0.25) is 20.4 Å². The lowest BCUT2D eigenvalue weighted by molar-refractivity contribution is -0.122. The van der Waals surface area contributed by atoms with Crippen molar-refractivity contribution in [3.8, 4) is 5.75 Å². The summed E-state index contributed by atoms with van der Waals surface area (Å²) >= 11 is 5.31. The van der Waals surface area contributed by atoms with Gasteiger partial charge in [0.05, 0.1) is 5.69 Å². The predicted molar refractivity (Wildman–Crippen MR) is 112 cm³/mol. The number of carbonyl (C=O) groups is 2. The highest BCUT2D eigenvalue weighted by Gasteiger charge is 2.28. The fourth-order valence-electron chi connectivity index (χ4n) is 3.79. The number of benzene rings is 1. The Kier molecular flexibility index (Phi) is 6.72. The molecule has 1 aliphatic heterocycles. The molecule has 1 aliphatic carbocycles. The topological polar surface area (TPSA) is 82.7 Å². The van der Waals surface area contributed by atoms with E-state index in [1.807, 2.05) is 24.3 Å². The maximum absolute atomic E-state index is 12.2. The van der Waals surface area contributed by atoms with Crippen molar-refractivity contribution in [1.82, 2.24) is 16.2 Å². The van der Waals surface area contributed by atoms with Crippen LogP contribution in [0, 0.1) is 11.8 Å². The zero-order chi connectivity index (χ0) is 20.1. The molecule has 2 aliphatic rings. The summed E-state index contributed by atoms with van der Waals surface area (Å²) in [5.74, 6) is 1.47. The molecular formula is C20H28N4O3S. The molecule has 1 saturated carbocycles. The molecular weight excluding hydrogens is 376 g/mol. The minimum atomic E-state index is -0.231. The summed E-state index contributed by atoms with van der Waals surface area (Å²) in [4.78, 5) is 25.9. The standard InChI is InChI=1S/C20H28N4O3S/c1-13-6-5-7-15(14(13)2)21-20(28)23-22-18(25)10-11-24-16-8-3-4-9-17(16)27-12-19(24)26/h3-4,8-9,13-15H,5-7,10-12H2,1-2H3,(H,22,25)(H2,21,23,28)/t13-,14-,15+/m1/s1. The summed E-state index contributed by atoms with van der Waals surface area (Å²) in [6, 6.07) is 7.64. The minimum absolute atomic E-state index is 0.0110. The zero-order valence-electron chi connectivity index (χ0n) is 16.4. The number of rotatable bonds is 4. The highest BCUT2D eigenvalue weighted by atomic mass is 32.1. The summed E-state index contributed by atoms with van der Waals surface area (Å²) < 4.78 is 5.41. The smallest absolute Gasteiger partial charge is 0.265 e. The van der Waals surface area contributed by atoms with Crippen LogP contribution < -0.4 is 25.8 Å². The molecule has 152 valence electrons. The highest BCUT2D eigenvalue weighted by Crippen LogP contribution is 2.31. The second kappa shape index (κ2) is 9.23. The lowest BCUT2D eigenvalue weighted by Crippen LogP contribution is -2.53. The van der Waals surface area contributed by atoms with E-state index in [2.05, 4.69) is 30.0 Å². The number of nitrogens with zero attached hydrogens (tertiary/aromatic N) is 1. The molecule has 0 saturated heterocycles. The molecule has 1 heterocycles. The van der Waals surface area contributed by atoms with Gasteiger partial charge in [-0.25, -0.2) is 0 Å². The quantitative estimate of drug-likeness (QED) is 0.527. The first kappa shape index (κ1) is 20.4. The van der Waals surface area contributed by atoms with Crippen LogP contribution in [0.5, 0.6) is 5.75 Å². The summed E-state index contributed by atoms with van der Waals surface area (Å²) in [6.07, 6.45) is 3.68. The number of ether oxygens (including phenoxy) is 1. The zero-order valence-corrected chi connectivity index (χ0v) is 17.2. The molecule has 1 aromatic rings. The van der Waals surface area contributed by atoms with Gasteiger partial charge >= 0.3 is 0 Å². The van der Waals surface area contributed by atoms with Crippen LogP contribution in [-0.2, 0) is 9.59 Å². The molecule has 3 N–H and O–H groups in total. The van der Waals surface area contributed by atoms with E-state index < -0.39 is 0 Å². The molecule has 1 fully saturated rings. The average molecular weight is 405 g/mol. The van der Waals surface area contributed by atoms with Crippen LogP contribution in [0.2, 0.25) is 0 Å². The molecule has 0 aromatic heterocycles. The van der Waals surface area contributed by atoms with Gasteiger partial charge in [-0.15, -0.1) is 0 Å². The van der Waals surface area contributed by atoms with Crippen LogP contribution in [0.1, 0.15) is 39.5 Å². The second-order valence-electron chi connectivity index (χ2n) is 7.57. The van der Waals surface area contributed by atoms with Crippen LogP contribution in [0.15, 0.2) is 24.3 Å². The number of anilines is 1. The van der Waals surface area contributed by atoms with E-state index in [1.165, 1.54) is 12.8 Å². The third-order valence-corrected chi connectivity index (χ3v) is 5.93. The van der Waals surface area contributed by atoms with E-state index in [0.29, 0.717) is 34.4 Å². The van der Waals surface area contributed by atoms with Gasteiger partial charge in [0.1, 0.15) is 5.75 Å². The lowest BCUT2D eigenvalue weighted by Gasteiger charge is -2.35. The fourth-order valence-corrected chi connectivity index (χ4v) is 3.99. The van der Waals surface area contributed by atoms with Crippen LogP contribution in [0.3, 0.4) is 0 Å². The number of thiocarbonyl (C=S) groups is 1. The van der Waals surface area contributed by atoms with Crippen LogP contribution in [0.4, 0.5) is 5.69 Å². The van der Waals surface area contributed by atoms with E-state index in [-0.39, 0.29) is 31.4 Å². The molecule has 28 heavy (non-hydrogen) atoms. The van der Waals surface area contributed by atoms with Crippen molar-refractivity contribution in [3.63, 3.8) is 0 Å². The van der Waals surface area contributed by atoms with Crippen molar-refractivity contribution in [3.05, 3.63) is 24.3 Å². The van der Waals surface area contributed by atoms with E-state index in [1.54, 1.807) is 4.90 Å². The molecule has 1 aromatic carbocycles. The molecule has 0 radical (unpaired) electrons. The van der Waals surface area contributed by atoms with Crippen molar-refractivity contribution >= 4 is 34.8 Å². The normalized spacial score (nSPS) is 24.0. The first-order valence-corrected chi connectivity index (χ1v) is 10.2. The summed E-state index contributed by atoms with van der Waals surface area (Å²) in [7, 11) is 0. The molecule has 8 heteroatoms. The Balaban J connectivity index is 1.43. The summed E-state index contributed by atoms with van der Waals surface area (Å²) in [5, 5.41) is 3.73. The average Bonchev–Trinajstić information content (AvgIpc) is 2.69. The molecule has 3 rings (SSSR count). The van der Waals surface area contributed by atoms with Crippen molar-refractivity contribution < 1.29 is 14.3 Å². The largest absolute Gasteiger partial charge is 0.482 e. The summed E-state index contributed by atoms with van der Waals surface area (Å²) in [6.45, 7) is 4.77. The molecule has 2 amide bonds. The Labute approximate surface area is 171 Å². The van der Waals surface area contributed by atoms with Crippen molar-refractivity contribution in [2.45, 2.75) is 45.6 Å². The van der Waals surface area contributed by atoms with Gasteiger partial charge in [0.15, 0.2) is 11.7 Å². The van der Waals surface area contributed by atoms with Crippen molar-refractivity contribution in [2.24, 2.45) is 11.8 Å². The highest BCUT2D eigenvalue weighted by molar-refractivity contribution is 7.80. The number of amides is 2. The van der Waals surface area contributed by atoms with Crippen LogP contribution in [-0.4, -0.2) is 36.1 Å². The minimum Gasteiger partial charge on any atom is -0.482 e. The van der Waals surface area contributed by atoms with Crippen molar-refractivity contribution in [1.29, 1.82) is 0 Å². The van der Waals surface area contributed by atoms with Crippen molar-refractivity contribution in [2.75, 3.05) is 18.1 Å². The number of fused-ring (bicyclic) bond motifs is 1. The molecule has 0 bridgehead atoms. The van der Waals surface area contributed by atoms with Gasteiger partial charge in [0.2, 0.25) is 5.91 Å². The molecule has 0 spiro atoms. The van der Waals surface area contributed by atoms with E-state index >= 15 is 0 Å². The van der Waals surface area contributed by atoms with Gasteiger partial charge in [-0.2, -0.15) is 0 Å². The third-order valence-electron chi connectivity index (χ3n) is 5.71. The number of para-hydroxylation sites is 2. The van der Waals surface area contributed by atoms with Gasteiger partial charge < -0.3 is 15.0 Å². The first-order valence-electron chi connectivity index (χ1n) is 9.83. The van der Waals surface area contributed by atoms with Crippen LogP contribution >= 0.6 is 12.2 Å². The van der Waals surface area contributed by atoms with Gasteiger partial charge in [-0.05, 0) is 42.6 Å². The van der Waals surface area contributed by atoms with Gasteiger partial charge in [0, 0.05) is 19.0 Å². The number of carbonyl (C=O) groups excluding carboxylic acids is 2. The lowest BCUT2D eigenvalue weighted by atomic mass is 9.78. The number of hydrazine groups is 1. The van der Waals surface area contributed by atoms with Crippen LogP contribution in [0.25, 0.3) is 0 Å². The van der Waals surface area contributed by atoms with Gasteiger partial charge in [-0.1, -0.05) is 38.8 Å². The predicted octanol–water partition coefficient (Wildman–Crippen LogP) is 2.12. The Hall–Kier alpha value is -2.35. The Morgan fingerprint density at radius 3 is 2.86 bits per heavy atom. The maximum Gasteiger partial charge on any atom is 0.265 e. The second-order valence-corrected chi connectivity index (χ2v) is 7.98. The number of hydrogen-bond acceptors (Lipinski definition) is 4. The molecule has 3 atom stereocenters. The van der Waals surface area contributed by atoms with E-state index in [0.717, 1.165) is 6.42 Å². The van der Waals surface area contributed by atoms with Gasteiger partial charge in [0.25, 0.3) is 5.91 Å². The molecule has 7 nitrogen and oxygen atoms in total. The maximum atomic E-state index is 12.2. The summed E-state index contributed by atoms with van der Waals surface area (Å²) in [5.41, 5.74) is 6.08. The number of nitrogens with one attached hydrogen (secondary N) is 3. The van der Waals surface area contributed by atoms with E-state index in [9.17, 15) is 9.59 Å². The third kappa shape index (κ3) is 4.92. The monoisotopic (exact) mass is 404 g/mol. The number of hydrogen-bond donors (Lipinski definition) is 3. The SMILES string of the molecule is C[C@@H]1[C@H](C)CCC[C@@H]1NC(=S)NNC(=O)CCN1C(=O)COc2ccccc21. The Bertz CT molecular complexity index is 742. The fraction of sp³-hybridized carbons (Fsp3) is 0.550. The molecule has 0 unspecified atom stereocenters. The van der Waals surface area contributed by atoms with E-state index in [4.69, 9.17) is 17.0 Å². The Morgan fingerprint density at radius 2 is 2.04 bits per heavy atom.